The predicted octanol–water partition coefficient (Wildman–Crippen LogP) is 2.46. The van der Waals surface area contributed by atoms with Crippen molar-refractivity contribution in [3.8, 4) is 0 Å². The summed E-state index contributed by atoms with van der Waals surface area (Å²) >= 11 is 0. The second-order valence-corrected chi connectivity index (χ2v) is 9.91. The first kappa shape index (κ1) is 19.2. The van der Waals surface area contributed by atoms with Gasteiger partial charge in [0.2, 0.25) is 10.0 Å². The lowest BCUT2D eigenvalue weighted by atomic mass is 9.99. The van der Waals surface area contributed by atoms with Crippen LogP contribution in [0.1, 0.15) is 47.9 Å². The number of urea groups is 1. The average Bonchev–Trinajstić information content (AvgIpc) is 3.31. The number of rotatable bonds is 4. The second kappa shape index (κ2) is 7.72. The van der Waals surface area contributed by atoms with E-state index in [-0.39, 0.29) is 0 Å². The molecule has 0 unspecified atom stereocenters. The van der Waals surface area contributed by atoms with Crippen molar-refractivity contribution < 1.29 is 13.2 Å². The van der Waals surface area contributed by atoms with E-state index in [4.69, 9.17) is 6.57 Å². The van der Waals surface area contributed by atoms with Crippen LogP contribution in [0.5, 0.6) is 0 Å². The number of carbonyl (C=O) groups is 1. The number of piperidine rings is 1. The second-order valence-electron chi connectivity index (χ2n) is 7.95. The minimum Gasteiger partial charge on any atom is -0.307 e. The molecule has 3 aliphatic rings. The van der Waals surface area contributed by atoms with E-state index in [0.717, 1.165) is 44.2 Å². The lowest BCUT2D eigenvalue weighted by molar-refractivity contribution is 0.248. The number of amides is 2. The first-order chi connectivity index (χ1) is 13.5. The summed E-state index contributed by atoms with van der Waals surface area (Å²) in [4.78, 5) is 17.9. The van der Waals surface area contributed by atoms with Gasteiger partial charge in [0.15, 0.2) is 0 Å². The number of nitrogens with one attached hydrogen (secondary N) is 2. The highest BCUT2D eigenvalue weighted by molar-refractivity contribution is 7.90. The molecule has 0 spiro atoms. The van der Waals surface area contributed by atoms with E-state index in [1.807, 2.05) is 4.90 Å². The lowest BCUT2D eigenvalue weighted by Crippen LogP contribution is -2.46. The maximum Gasteiger partial charge on any atom is 0.332 e. The van der Waals surface area contributed by atoms with E-state index in [2.05, 4.69) is 21.0 Å². The van der Waals surface area contributed by atoms with Crippen molar-refractivity contribution in [1.82, 2.24) is 9.62 Å². The molecule has 8 heteroatoms. The molecular formula is C20H26N4O3S. The molecule has 1 aliphatic heterocycles. The minimum atomic E-state index is -3.74. The van der Waals surface area contributed by atoms with Gasteiger partial charge in [-0.25, -0.2) is 29.4 Å². The number of nitrogens with zero attached hydrogens (tertiary/aromatic N) is 2. The highest BCUT2D eigenvalue weighted by atomic mass is 32.2. The Bertz CT molecular complexity index is 895. The number of fused-ring (bicyclic) bond motifs is 2. The van der Waals surface area contributed by atoms with Gasteiger partial charge < -0.3 is 5.32 Å². The summed E-state index contributed by atoms with van der Waals surface area (Å²) < 4.78 is 27.6. The maximum atomic E-state index is 12.7. The Balaban J connectivity index is 1.45. The van der Waals surface area contributed by atoms with E-state index in [1.165, 1.54) is 22.3 Å². The van der Waals surface area contributed by atoms with Crippen LogP contribution in [0.4, 0.5) is 10.5 Å². The highest BCUT2D eigenvalue weighted by Crippen LogP contribution is 2.38. The van der Waals surface area contributed by atoms with Crippen LogP contribution >= 0.6 is 0 Å². The van der Waals surface area contributed by atoms with Crippen LogP contribution in [0, 0.1) is 6.57 Å². The minimum absolute atomic E-state index is 0.297. The smallest absolute Gasteiger partial charge is 0.307 e. The Morgan fingerprint density at radius 1 is 1.11 bits per heavy atom. The van der Waals surface area contributed by atoms with E-state index in [0.29, 0.717) is 32.6 Å². The molecule has 1 aromatic carbocycles. The molecular weight excluding hydrogens is 376 g/mol. The fourth-order valence-electron chi connectivity index (χ4n) is 4.78. The largest absolute Gasteiger partial charge is 0.332 e. The van der Waals surface area contributed by atoms with Crippen molar-refractivity contribution in [1.29, 1.82) is 0 Å². The SMILES string of the molecule is [C-]#[N+]CN1CCC(S(=O)(=O)NC(=O)Nc2c3c(cc4c2CCC4)CCC3)CC1. The zero-order chi connectivity index (χ0) is 19.7. The molecule has 0 bridgehead atoms. The summed E-state index contributed by atoms with van der Waals surface area (Å²) in [7, 11) is -3.74. The number of hydrogen-bond acceptors (Lipinski definition) is 4. The molecule has 7 nitrogen and oxygen atoms in total. The third-order valence-electron chi connectivity index (χ3n) is 6.19. The average molecular weight is 403 g/mol. The number of benzene rings is 1. The third kappa shape index (κ3) is 3.74. The van der Waals surface area contributed by atoms with Crippen LogP contribution in [0.25, 0.3) is 4.85 Å². The number of carbonyl (C=O) groups excluding carboxylic acids is 1. The van der Waals surface area contributed by atoms with Gasteiger partial charge in [0.05, 0.1) is 5.25 Å². The Kier molecular flexibility index (Phi) is 5.30. The van der Waals surface area contributed by atoms with E-state index >= 15 is 0 Å². The van der Waals surface area contributed by atoms with Crippen molar-refractivity contribution in [3.05, 3.63) is 39.7 Å². The van der Waals surface area contributed by atoms with Gasteiger partial charge in [-0.3, -0.25) is 4.85 Å². The standard InChI is InChI=1S/C20H26N4O3S/c1-21-13-24-10-8-16(9-11-24)28(26,27)23-20(25)22-19-17-6-2-4-14(17)12-15-5-3-7-18(15)19/h12,16H,2-11,13H2,(H2,22,23,25). The van der Waals surface area contributed by atoms with Gasteiger partial charge in [0, 0.05) is 18.8 Å². The van der Waals surface area contributed by atoms with Gasteiger partial charge in [-0.05, 0) is 73.6 Å². The number of hydrogen-bond donors (Lipinski definition) is 2. The summed E-state index contributed by atoms with van der Waals surface area (Å²) in [6.45, 7) is 8.34. The van der Waals surface area contributed by atoms with Crippen LogP contribution in [0.3, 0.4) is 0 Å². The molecule has 1 aromatic rings. The summed E-state index contributed by atoms with van der Waals surface area (Å²) in [5.41, 5.74) is 5.81. The van der Waals surface area contributed by atoms with Crippen molar-refractivity contribution in [2.75, 3.05) is 25.1 Å². The Morgan fingerprint density at radius 3 is 2.29 bits per heavy atom. The molecule has 4 rings (SSSR count). The fraction of sp³-hybridized carbons (Fsp3) is 0.600. The first-order valence-electron chi connectivity index (χ1n) is 10.0. The van der Waals surface area contributed by atoms with Crippen molar-refractivity contribution in [2.24, 2.45) is 0 Å². The summed E-state index contributed by atoms with van der Waals surface area (Å²) in [5.74, 6) is 0. The molecule has 28 heavy (non-hydrogen) atoms. The van der Waals surface area contributed by atoms with Gasteiger partial charge in [-0.1, -0.05) is 6.07 Å². The third-order valence-corrected chi connectivity index (χ3v) is 8.01. The van der Waals surface area contributed by atoms with Gasteiger partial charge in [-0.15, -0.1) is 0 Å². The van der Waals surface area contributed by atoms with Crippen LogP contribution in [-0.4, -0.2) is 44.4 Å². The van der Waals surface area contributed by atoms with Crippen molar-refractivity contribution in [3.63, 3.8) is 0 Å². The van der Waals surface area contributed by atoms with Gasteiger partial charge in [0.1, 0.15) is 0 Å². The van der Waals surface area contributed by atoms with Crippen LogP contribution in [0.2, 0.25) is 0 Å². The quantitative estimate of drug-likeness (QED) is 0.758. The number of sulfonamides is 1. The molecule has 0 radical (unpaired) electrons. The molecule has 2 N–H and O–H groups in total. The summed E-state index contributed by atoms with van der Waals surface area (Å²) in [5, 5.41) is 2.30. The van der Waals surface area contributed by atoms with Crippen LogP contribution in [0.15, 0.2) is 6.07 Å². The zero-order valence-corrected chi connectivity index (χ0v) is 16.8. The summed E-state index contributed by atoms with van der Waals surface area (Å²) in [6, 6.07) is 1.62. The maximum absolute atomic E-state index is 12.7. The summed E-state index contributed by atoms with van der Waals surface area (Å²) in [6.07, 6.45) is 6.96. The molecule has 1 fully saturated rings. The van der Waals surface area contributed by atoms with E-state index < -0.39 is 21.3 Å². The monoisotopic (exact) mass is 402 g/mol. The molecule has 0 saturated carbocycles. The topological polar surface area (TPSA) is 82.9 Å². The van der Waals surface area contributed by atoms with Crippen molar-refractivity contribution >= 4 is 21.7 Å². The van der Waals surface area contributed by atoms with Gasteiger partial charge in [0.25, 0.3) is 6.67 Å². The van der Waals surface area contributed by atoms with Gasteiger partial charge in [-0.2, -0.15) is 0 Å². The zero-order valence-electron chi connectivity index (χ0n) is 16.0. The van der Waals surface area contributed by atoms with Crippen molar-refractivity contribution in [2.45, 2.75) is 56.6 Å². The Labute approximate surface area is 166 Å². The van der Waals surface area contributed by atoms with Crippen LogP contribution in [-0.2, 0) is 35.7 Å². The molecule has 1 heterocycles. The van der Waals surface area contributed by atoms with E-state index in [1.54, 1.807) is 0 Å². The lowest BCUT2D eigenvalue weighted by Gasteiger charge is -2.28. The Hall–Kier alpha value is -2.11. The number of anilines is 1. The molecule has 150 valence electrons. The van der Waals surface area contributed by atoms with E-state index in [9.17, 15) is 13.2 Å². The molecule has 2 amide bonds. The molecule has 0 aromatic heterocycles. The first-order valence-corrected chi connectivity index (χ1v) is 11.6. The Morgan fingerprint density at radius 2 is 1.71 bits per heavy atom. The van der Waals surface area contributed by atoms with Gasteiger partial charge >= 0.3 is 6.03 Å². The fourth-order valence-corrected chi connectivity index (χ4v) is 6.09. The normalized spacial score (nSPS) is 19.7. The van der Waals surface area contributed by atoms with Crippen LogP contribution < -0.4 is 10.0 Å². The highest BCUT2D eigenvalue weighted by Gasteiger charge is 2.32. The molecule has 2 aliphatic carbocycles. The molecule has 1 saturated heterocycles. The predicted molar refractivity (Wildman–Crippen MR) is 108 cm³/mol. The number of aryl methyl sites for hydroxylation is 2. The molecule has 0 atom stereocenters. The number of likely N-dealkylation sites (tertiary alicyclic amines) is 1.